The quantitative estimate of drug-likeness (QED) is 0.830. The standard InChI is InChI=1S/C15H22N2S/c1-10-8-11(2)12(3)17(9-10)14-6-4-13(5-7-14)15(16)18/h4-7,10-12H,8-9H2,1-3H3,(H2,16,18). The third kappa shape index (κ3) is 2.66. The van der Waals surface area contributed by atoms with E-state index in [1.807, 2.05) is 12.1 Å². The summed E-state index contributed by atoms with van der Waals surface area (Å²) >= 11 is 4.99. The average molecular weight is 262 g/mol. The summed E-state index contributed by atoms with van der Waals surface area (Å²) in [7, 11) is 0. The molecular formula is C15H22N2S. The highest BCUT2D eigenvalue weighted by Crippen LogP contribution is 2.31. The molecule has 1 fully saturated rings. The van der Waals surface area contributed by atoms with E-state index < -0.39 is 0 Å². The second kappa shape index (κ2) is 5.27. The lowest BCUT2D eigenvalue weighted by molar-refractivity contribution is 0.297. The van der Waals surface area contributed by atoms with Crippen molar-refractivity contribution in [3.63, 3.8) is 0 Å². The smallest absolute Gasteiger partial charge is 0.103 e. The van der Waals surface area contributed by atoms with Crippen molar-refractivity contribution in [1.29, 1.82) is 0 Å². The number of hydrogen-bond acceptors (Lipinski definition) is 2. The number of thiocarbonyl (C=S) groups is 1. The lowest BCUT2D eigenvalue weighted by Crippen LogP contribution is -2.45. The van der Waals surface area contributed by atoms with E-state index in [0.29, 0.717) is 11.0 Å². The van der Waals surface area contributed by atoms with Crippen LogP contribution in [0.3, 0.4) is 0 Å². The maximum absolute atomic E-state index is 5.63. The molecule has 1 aliphatic rings. The van der Waals surface area contributed by atoms with Crippen LogP contribution in [0, 0.1) is 11.8 Å². The number of piperidine rings is 1. The molecule has 0 radical (unpaired) electrons. The van der Waals surface area contributed by atoms with Gasteiger partial charge < -0.3 is 10.6 Å². The SMILES string of the molecule is CC1CC(C)C(C)N(c2ccc(C(N)=S)cc2)C1. The lowest BCUT2D eigenvalue weighted by atomic mass is 9.85. The Bertz CT molecular complexity index is 427. The van der Waals surface area contributed by atoms with Crippen LogP contribution in [0.5, 0.6) is 0 Å². The predicted molar refractivity (Wildman–Crippen MR) is 82.1 cm³/mol. The van der Waals surface area contributed by atoms with Gasteiger partial charge in [-0.15, -0.1) is 0 Å². The Labute approximate surface area is 115 Å². The van der Waals surface area contributed by atoms with Crippen LogP contribution < -0.4 is 10.6 Å². The molecule has 2 N–H and O–H groups in total. The number of hydrogen-bond donors (Lipinski definition) is 1. The monoisotopic (exact) mass is 262 g/mol. The van der Waals surface area contributed by atoms with Gasteiger partial charge in [0.15, 0.2) is 0 Å². The molecule has 1 aromatic carbocycles. The van der Waals surface area contributed by atoms with E-state index in [1.165, 1.54) is 12.1 Å². The molecule has 3 heteroatoms. The van der Waals surface area contributed by atoms with Crippen molar-refractivity contribution in [2.24, 2.45) is 17.6 Å². The van der Waals surface area contributed by atoms with Crippen molar-refractivity contribution >= 4 is 22.9 Å². The number of nitrogens with zero attached hydrogens (tertiary/aromatic N) is 1. The molecule has 1 aliphatic heterocycles. The predicted octanol–water partition coefficient (Wildman–Crippen LogP) is 3.19. The van der Waals surface area contributed by atoms with E-state index in [9.17, 15) is 0 Å². The van der Waals surface area contributed by atoms with Crippen molar-refractivity contribution in [2.75, 3.05) is 11.4 Å². The van der Waals surface area contributed by atoms with E-state index in [2.05, 4.69) is 37.8 Å². The molecule has 98 valence electrons. The maximum atomic E-state index is 5.63. The summed E-state index contributed by atoms with van der Waals surface area (Å²) in [6.45, 7) is 8.13. The van der Waals surface area contributed by atoms with E-state index >= 15 is 0 Å². The number of nitrogens with two attached hydrogens (primary N) is 1. The third-order valence-electron chi connectivity index (χ3n) is 4.08. The van der Waals surface area contributed by atoms with Crippen molar-refractivity contribution in [3.05, 3.63) is 29.8 Å². The Balaban J connectivity index is 2.21. The minimum absolute atomic E-state index is 0.468. The minimum atomic E-state index is 0.468. The van der Waals surface area contributed by atoms with Crippen LogP contribution in [0.25, 0.3) is 0 Å². The molecule has 0 spiro atoms. The molecular weight excluding hydrogens is 240 g/mol. The van der Waals surface area contributed by atoms with Gasteiger partial charge in [-0.05, 0) is 49.4 Å². The summed E-state index contributed by atoms with van der Waals surface area (Å²) < 4.78 is 0. The van der Waals surface area contributed by atoms with E-state index in [0.717, 1.165) is 23.9 Å². The van der Waals surface area contributed by atoms with Crippen molar-refractivity contribution in [2.45, 2.75) is 33.2 Å². The summed E-state index contributed by atoms with van der Waals surface area (Å²) in [5.41, 5.74) is 7.85. The summed E-state index contributed by atoms with van der Waals surface area (Å²) in [6, 6.07) is 8.91. The minimum Gasteiger partial charge on any atom is -0.389 e. The fourth-order valence-corrected chi connectivity index (χ4v) is 3.01. The zero-order valence-corrected chi connectivity index (χ0v) is 12.2. The molecule has 0 aliphatic carbocycles. The number of rotatable bonds is 2. The molecule has 0 aromatic heterocycles. The molecule has 0 amide bonds. The first-order valence-corrected chi connectivity index (χ1v) is 7.06. The van der Waals surface area contributed by atoms with E-state index in [4.69, 9.17) is 18.0 Å². The van der Waals surface area contributed by atoms with Crippen LogP contribution in [0.15, 0.2) is 24.3 Å². The highest BCUT2D eigenvalue weighted by molar-refractivity contribution is 7.80. The molecule has 18 heavy (non-hydrogen) atoms. The van der Waals surface area contributed by atoms with Crippen LogP contribution in [0.4, 0.5) is 5.69 Å². The molecule has 2 rings (SSSR count). The largest absolute Gasteiger partial charge is 0.389 e. The van der Waals surface area contributed by atoms with E-state index in [-0.39, 0.29) is 0 Å². The molecule has 2 nitrogen and oxygen atoms in total. The second-order valence-corrected chi connectivity index (χ2v) is 6.06. The Morgan fingerprint density at radius 2 is 1.83 bits per heavy atom. The Kier molecular flexibility index (Phi) is 3.91. The zero-order chi connectivity index (χ0) is 13.3. The van der Waals surface area contributed by atoms with Gasteiger partial charge in [-0.1, -0.05) is 26.1 Å². The van der Waals surface area contributed by atoms with Gasteiger partial charge in [-0.2, -0.15) is 0 Å². The van der Waals surface area contributed by atoms with Crippen LogP contribution in [0.2, 0.25) is 0 Å². The van der Waals surface area contributed by atoms with Crippen LogP contribution in [0.1, 0.15) is 32.8 Å². The average Bonchev–Trinajstić information content (AvgIpc) is 2.34. The summed E-state index contributed by atoms with van der Waals surface area (Å²) in [4.78, 5) is 2.97. The first kappa shape index (κ1) is 13.3. The van der Waals surface area contributed by atoms with Crippen LogP contribution >= 0.6 is 12.2 Å². The van der Waals surface area contributed by atoms with Gasteiger partial charge in [0.1, 0.15) is 4.99 Å². The molecule has 1 heterocycles. The highest BCUT2D eigenvalue weighted by atomic mass is 32.1. The van der Waals surface area contributed by atoms with Gasteiger partial charge in [0.05, 0.1) is 0 Å². The molecule has 3 atom stereocenters. The number of anilines is 1. The Morgan fingerprint density at radius 3 is 2.39 bits per heavy atom. The lowest BCUT2D eigenvalue weighted by Gasteiger charge is -2.42. The molecule has 0 saturated carbocycles. The molecule has 0 bridgehead atoms. The van der Waals surface area contributed by atoms with Crippen LogP contribution in [-0.4, -0.2) is 17.6 Å². The third-order valence-corrected chi connectivity index (χ3v) is 4.32. The Hall–Kier alpha value is -1.09. The first-order chi connectivity index (χ1) is 8.49. The fraction of sp³-hybridized carbons (Fsp3) is 0.533. The highest BCUT2D eigenvalue weighted by Gasteiger charge is 2.28. The van der Waals surface area contributed by atoms with Gasteiger partial charge in [0, 0.05) is 23.8 Å². The van der Waals surface area contributed by atoms with Gasteiger partial charge in [-0.3, -0.25) is 0 Å². The number of benzene rings is 1. The van der Waals surface area contributed by atoms with Crippen LogP contribution in [-0.2, 0) is 0 Å². The van der Waals surface area contributed by atoms with Gasteiger partial charge in [0.2, 0.25) is 0 Å². The molecule has 1 saturated heterocycles. The normalized spacial score (nSPS) is 28.2. The second-order valence-electron chi connectivity index (χ2n) is 5.62. The van der Waals surface area contributed by atoms with Gasteiger partial charge in [0.25, 0.3) is 0 Å². The summed E-state index contributed by atoms with van der Waals surface area (Å²) in [5, 5.41) is 0. The van der Waals surface area contributed by atoms with Crippen molar-refractivity contribution in [1.82, 2.24) is 0 Å². The summed E-state index contributed by atoms with van der Waals surface area (Å²) in [5.74, 6) is 1.50. The fourth-order valence-electron chi connectivity index (χ4n) is 2.87. The maximum Gasteiger partial charge on any atom is 0.103 e. The zero-order valence-electron chi connectivity index (χ0n) is 11.4. The van der Waals surface area contributed by atoms with Crippen molar-refractivity contribution < 1.29 is 0 Å². The first-order valence-electron chi connectivity index (χ1n) is 6.65. The van der Waals surface area contributed by atoms with Crippen molar-refractivity contribution in [3.8, 4) is 0 Å². The van der Waals surface area contributed by atoms with Gasteiger partial charge in [-0.25, -0.2) is 0 Å². The van der Waals surface area contributed by atoms with E-state index in [1.54, 1.807) is 0 Å². The summed E-state index contributed by atoms with van der Waals surface area (Å²) in [6.07, 6.45) is 1.32. The molecule has 1 aromatic rings. The molecule has 3 unspecified atom stereocenters. The Morgan fingerprint density at radius 1 is 1.22 bits per heavy atom. The van der Waals surface area contributed by atoms with Gasteiger partial charge >= 0.3 is 0 Å². The topological polar surface area (TPSA) is 29.3 Å².